The van der Waals surface area contributed by atoms with Crippen molar-refractivity contribution < 1.29 is 14.6 Å². The molecule has 4 heteroatoms. The summed E-state index contributed by atoms with van der Waals surface area (Å²) in [5.74, 6) is -0.174. The summed E-state index contributed by atoms with van der Waals surface area (Å²) in [6, 6.07) is 0. The van der Waals surface area contributed by atoms with Crippen molar-refractivity contribution in [2.75, 3.05) is 26.2 Å². The van der Waals surface area contributed by atoms with E-state index in [2.05, 4.69) is 6.92 Å². The Morgan fingerprint density at radius 3 is 3.00 bits per heavy atom. The molecule has 1 atom stereocenters. The Hall–Kier alpha value is -0.610. The number of rotatable bonds is 5. The first kappa shape index (κ1) is 11.5. The van der Waals surface area contributed by atoms with Crippen LogP contribution in [0.4, 0.5) is 0 Å². The number of hydrogen-bond donors (Lipinski definition) is 1. The molecule has 1 rings (SSSR count). The van der Waals surface area contributed by atoms with Crippen molar-refractivity contribution in [2.24, 2.45) is 0 Å². The van der Waals surface area contributed by atoms with Crippen molar-refractivity contribution in [1.29, 1.82) is 0 Å². The zero-order valence-corrected chi connectivity index (χ0v) is 8.74. The van der Waals surface area contributed by atoms with Crippen LogP contribution in [0, 0.1) is 0 Å². The van der Waals surface area contributed by atoms with Gasteiger partial charge >= 0.3 is 5.97 Å². The number of carbonyl (C=O) groups excluding carboxylic acids is 1. The topological polar surface area (TPSA) is 49.8 Å². The lowest BCUT2D eigenvalue weighted by Crippen LogP contribution is -2.29. The minimum atomic E-state index is -0.265. The van der Waals surface area contributed by atoms with Gasteiger partial charge in [-0.3, -0.25) is 9.69 Å². The number of β-amino-alcohol motifs (C(OH)–C–C–N with tert-alkyl or cyclic N) is 1. The van der Waals surface area contributed by atoms with Crippen molar-refractivity contribution in [3.8, 4) is 0 Å². The van der Waals surface area contributed by atoms with Crippen LogP contribution in [0.1, 0.15) is 26.2 Å². The Morgan fingerprint density at radius 2 is 2.43 bits per heavy atom. The number of carbonyl (C=O) groups is 1. The van der Waals surface area contributed by atoms with Gasteiger partial charge in [-0.1, -0.05) is 13.3 Å². The summed E-state index contributed by atoms with van der Waals surface area (Å²) in [4.78, 5) is 13.2. The maximum Gasteiger partial charge on any atom is 0.320 e. The predicted molar refractivity (Wildman–Crippen MR) is 52.9 cm³/mol. The van der Waals surface area contributed by atoms with E-state index >= 15 is 0 Å². The molecule has 14 heavy (non-hydrogen) atoms. The third kappa shape index (κ3) is 4.07. The van der Waals surface area contributed by atoms with Crippen LogP contribution in [0.15, 0.2) is 0 Å². The fourth-order valence-corrected chi connectivity index (χ4v) is 1.51. The van der Waals surface area contributed by atoms with Gasteiger partial charge in [-0.25, -0.2) is 0 Å². The number of ether oxygens (including phenoxy) is 1. The number of aliphatic hydroxyl groups excluding tert-OH is 1. The number of hydrogen-bond acceptors (Lipinski definition) is 4. The molecule has 0 spiro atoms. The van der Waals surface area contributed by atoms with Crippen molar-refractivity contribution >= 4 is 5.97 Å². The molecular weight excluding hydrogens is 182 g/mol. The van der Waals surface area contributed by atoms with Gasteiger partial charge in [0.05, 0.1) is 19.3 Å². The predicted octanol–water partition coefficient (Wildman–Crippen LogP) is 0.396. The van der Waals surface area contributed by atoms with E-state index in [1.54, 1.807) is 0 Å². The van der Waals surface area contributed by atoms with Crippen LogP contribution < -0.4 is 0 Å². The van der Waals surface area contributed by atoms with Gasteiger partial charge in [-0.2, -0.15) is 0 Å². The summed E-state index contributed by atoms with van der Waals surface area (Å²) in [7, 11) is 0. The number of aliphatic hydroxyl groups is 1. The summed E-state index contributed by atoms with van der Waals surface area (Å²) >= 11 is 0. The SMILES string of the molecule is CCCCOC(=O)CN1CC[C@@H](O)C1. The lowest BCUT2D eigenvalue weighted by Gasteiger charge is -2.13. The third-order valence-corrected chi connectivity index (χ3v) is 2.36. The van der Waals surface area contributed by atoms with Crippen LogP contribution in [0.5, 0.6) is 0 Å². The van der Waals surface area contributed by atoms with Gasteiger partial charge in [0.25, 0.3) is 0 Å². The normalized spacial score (nSPS) is 22.6. The van der Waals surface area contributed by atoms with Gasteiger partial charge in [0, 0.05) is 13.1 Å². The molecule has 1 aliphatic rings. The molecule has 1 fully saturated rings. The van der Waals surface area contributed by atoms with Crippen LogP contribution in [0.25, 0.3) is 0 Å². The molecule has 0 bridgehead atoms. The smallest absolute Gasteiger partial charge is 0.320 e. The third-order valence-electron chi connectivity index (χ3n) is 2.36. The van der Waals surface area contributed by atoms with E-state index in [1.807, 2.05) is 4.90 Å². The van der Waals surface area contributed by atoms with Crippen molar-refractivity contribution in [1.82, 2.24) is 4.90 Å². The first-order chi connectivity index (χ1) is 6.72. The molecule has 0 aliphatic carbocycles. The number of likely N-dealkylation sites (tertiary alicyclic amines) is 1. The highest BCUT2D eigenvalue weighted by Crippen LogP contribution is 2.07. The second-order valence-electron chi connectivity index (χ2n) is 3.75. The van der Waals surface area contributed by atoms with Crippen molar-refractivity contribution in [3.63, 3.8) is 0 Å². The second kappa shape index (κ2) is 5.98. The summed E-state index contributed by atoms with van der Waals surface area (Å²) in [5.41, 5.74) is 0. The van der Waals surface area contributed by atoms with Gasteiger partial charge in [-0.05, 0) is 12.8 Å². The van der Waals surface area contributed by atoms with E-state index in [0.29, 0.717) is 19.7 Å². The highest BCUT2D eigenvalue weighted by molar-refractivity contribution is 5.71. The first-order valence-electron chi connectivity index (χ1n) is 5.28. The molecular formula is C10H19NO3. The number of unbranched alkanes of at least 4 members (excludes halogenated alkanes) is 1. The number of esters is 1. The Labute approximate surface area is 84.8 Å². The van der Waals surface area contributed by atoms with E-state index in [1.165, 1.54) is 0 Å². The van der Waals surface area contributed by atoms with E-state index in [-0.39, 0.29) is 12.1 Å². The molecule has 0 saturated carbocycles. The average molecular weight is 201 g/mol. The maximum absolute atomic E-state index is 11.2. The van der Waals surface area contributed by atoms with Crippen LogP contribution in [-0.4, -0.2) is 48.3 Å². The molecule has 1 heterocycles. The minimum Gasteiger partial charge on any atom is -0.465 e. The summed E-state index contributed by atoms with van der Waals surface area (Å²) in [5, 5.41) is 9.23. The molecule has 82 valence electrons. The largest absolute Gasteiger partial charge is 0.465 e. The lowest BCUT2D eigenvalue weighted by molar-refractivity contribution is -0.144. The van der Waals surface area contributed by atoms with Crippen molar-refractivity contribution in [3.05, 3.63) is 0 Å². The monoisotopic (exact) mass is 201 g/mol. The average Bonchev–Trinajstić information content (AvgIpc) is 2.52. The Balaban J connectivity index is 2.08. The Kier molecular flexibility index (Phi) is 4.90. The molecule has 1 saturated heterocycles. The van der Waals surface area contributed by atoms with E-state index in [4.69, 9.17) is 4.74 Å². The molecule has 1 aliphatic heterocycles. The summed E-state index contributed by atoms with van der Waals surface area (Å²) in [6.45, 7) is 4.30. The van der Waals surface area contributed by atoms with Gasteiger partial charge < -0.3 is 9.84 Å². The highest BCUT2D eigenvalue weighted by atomic mass is 16.5. The van der Waals surface area contributed by atoms with E-state index in [9.17, 15) is 9.90 Å². The van der Waals surface area contributed by atoms with Gasteiger partial charge in [-0.15, -0.1) is 0 Å². The maximum atomic E-state index is 11.2. The minimum absolute atomic E-state index is 0.174. The fraction of sp³-hybridized carbons (Fsp3) is 0.900. The quantitative estimate of drug-likeness (QED) is 0.516. The van der Waals surface area contributed by atoms with Crippen LogP contribution in [0.2, 0.25) is 0 Å². The molecule has 1 N–H and O–H groups in total. The van der Waals surface area contributed by atoms with Crippen molar-refractivity contribution in [2.45, 2.75) is 32.3 Å². The fourth-order valence-electron chi connectivity index (χ4n) is 1.51. The number of nitrogens with zero attached hydrogens (tertiary/aromatic N) is 1. The summed E-state index contributed by atoms with van der Waals surface area (Å²) in [6.07, 6.45) is 2.46. The van der Waals surface area contributed by atoms with Gasteiger partial charge in [0.15, 0.2) is 0 Å². The zero-order chi connectivity index (χ0) is 10.4. The van der Waals surface area contributed by atoms with Gasteiger partial charge in [0.2, 0.25) is 0 Å². The molecule has 0 aromatic heterocycles. The van der Waals surface area contributed by atoms with Crippen LogP contribution >= 0.6 is 0 Å². The van der Waals surface area contributed by atoms with Crippen LogP contribution in [-0.2, 0) is 9.53 Å². The first-order valence-corrected chi connectivity index (χ1v) is 5.28. The highest BCUT2D eigenvalue weighted by Gasteiger charge is 2.22. The second-order valence-corrected chi connectivity index (χ2v) is 3.75. The molecule has 0 amide bonds. The molecule has 0 aromatic rings. The standard InChI is InChI=1S/C10H19NO3/c1-2-3-6-14-10(13)8-11-5-4-9(12)7-11/h9,12H,2-8H2,1H3/t9-/m1/s1. The van der Waals surface area contributed by atoms with E-state index in [0.717, 1.165) is 25.8 Å². The Bertz CT molecular complexity index is 184. The molecule has 0 radical (unpaired) electrons. The summed E-state index contributed by atoms with van der Waals surface area (Å²) < 4.78 is 5.02. The molecule has 0 aromatic carbocycles. The molecule has 0 unspecified atom stereocenters. The zero-order valence-electron chi connectivity index (χ0n) is 8.74. The lowest BCUT2D eigenvalue weighted by atomic mass is 10.3. The molecule has 4 nitrogen and oxygen atoms in total. The van der Waals surface area contributed by atoms with Gasteiger partial charge in [0.1, 0.15) is 0 Å². The van der Waals surface area contributed by atoms with Crippen LogP contribution in [0.3, 0.4) is 0 Å². The van der Waals surface area contributed by atoms with E-state index < -0.39 is 0 Å². The Morgan fingerprint density at radius 1 is 1.64 bits per heavy atom.